The van der Waals surface area contributed by atoms with E-state index in [-0.39, 0.29) is 0 Å². The lowest BCUT2D eigenvalue weighted by atomic mass is 10.3. The van der Waals surface area contributed by atoms with Crippen LogP contribution in [0.3, 0.4) is 0 Å². The topological polar surface area (TPSA) is 61.6 Å². The minimum atomic E-state index is 0.325. The Balaban J connectivity index is 2.53. The highest BCUT2D eigenvalue weighted by molar-refractivity contribution is 7.98. The molecular formula is C10H14N4S. The first kappa shape index (κ1) is 11.8. The average Bonchev–Trinajstić information content (AvgIpc) is 2.26. The van der Waals surface area contributed by atoms with Gasteiger partial charge in [0.2, 0.25) is 5.95 Å². The zero-order valence-corrected chi connectivity index (χ0v) is 9.71. The van der Waals surface area contributed by atoms with E-state index in [1.165, 1.54) is 0 Å². The second kappa shape index (κ2) is 6.25. The number of nitrogens with one attached hydrogen (secondary N) is 1. The number of rotatable bonds is 5. The van der Waals surface area contributed by atoms with Crippen LogP contribution < -0.4 is 5.32 Å². The second-order valence-electron chi connectivity index (χ2n) is 3.20. The predicted octanol–water partition coefficient (Wildman–Crippen LogP) is 1.90. The Morgan fingerprint density at radius 2 is 2.47 bits per heavy atom. The van der Waals surface area contributed by atoms with Gasteiger partial charge in [-0.25, -0.2) is 9.97 Å². The Bertz CT molecular complexity index is 348. The molecule has 15 heavy (non-hydrogen) atoms. The molecular weight excluding hydrogens is 208 g/mol. The van der Waals surface area contributed by atoms with Crippen molar-refractivity contribution in [1.29, 1.82) is 5.26 Å². The van der Waals surface area contributed by atoms with Crippen LogP contribution in [-0.2, 0) is 0 Å². The zero-order chi connectivity index (χ0) is 11.1. The third-order valence-electron chi connectivity index (χ3n) is 1.90. The maximum absolute atomic E-state index is 8.67. The number of nitriles is 1. The summed E-state index contributed by atoms with van der Waals surface area (Å²) in [6.07, 6.45) is 4.73. The molecule has 1 aromatic rings. The van der Waals surface area contributed by atoms with Gasteiger partial charge in [0.1, 0.15) is 11.8 Å². The molecule has 1 rings (SSSR count). The first-order chi connectivity index (χ1) is 7.26. The van der Waals surface area contributed by atoms with Crippen LogP contribution in [0.4, 0.5) is 5.95 Å². The fourth-order valence-electron chi connectivity index (χ4n) is 1.08. The average molecular weight is 222 g/mol. The Morgan fingerprint density at radius 3 is 3.13 bits per heavy atom. The fraction of sp³-hybridized carbons (Fsp3) is 0.500. The van der Waals surface area contributed by atoms with Gasteiger partial charge in [-0.1, -0.05) is 0 Å². The molecule has 0 aliphatic heterocycles. The molecule has 0 aromatic carbocycles. The van der Waals surface area contributed by atoms with Crippen molar-refractivity contribution in [1.82, 2.24) is 9.97 Å². The summed E-state index contributed by atoms with van der Waals surface area (Å²) in [5.74, 6) is 1.63. The second-order valence-corrected chi connectivity index (χ2v) is 4.19. The van der Waals surface area contributed by atoms with E-state index < -0.39 is 0 Å². The van der Waals surface area contributed by atoms with Gasteiger partial charge in [-0.2, -0.15) is 17.0 Å². The van der Waals surface area contributed by atoms with Crippen LogP contribution in [0.25, 0.3) is 0 Å². The molecule has 1 aromatic heterocycles. The molecule has 1 heterocycles. The largest absolute Gasteiger partial charge is 0.352 e. The highest BCUT2D eigenvalue weighted by Crippen LogP contribution is 2.06. The minimum absolute atomic E-state index is 0.325. The Morgan fingerprint density at radius 1 is 1.67 bits per heavy atom. The first-order valence-corrected chi connectivity index (χ1v) is 6.14. The Hall–Kier alpha value is -1.28. The molecule has 0 bridgehead atoms. The van der Waals surface area contributed by atoms with E-state index in [4.69, 9.17) is 5.26 Å². The van der Waals surface area contributed by atoms with E-state index >= 15 is 0 Å². The number of thioether (sulfide) groups is 1. The SMILES string of the molecule is CSCCC(C)Nc1nccc(C#N)n1. The van der Waals surface area contributed by atoms with Gasteiger partial charge in [-0.15, -0.1) is 0 Å². The molecule has 0 radical (unpaired) electrons. The van der Waals surface area contributed by atoms with Gasteiger partial charge in [0.25, 0.3) is 0 Å². The lowest BCUT2D eigenvalue weighted by Gasteiger charge is -2.12. The van der Waals surface area contributed by atoms with Crippen molar-refractivity contribution < 1.29 is 0 Å². The summed E-state index contributed by atoms with van der Waals surface area (Å²) in [5.41, 5.74) is 0.393. The molecule has 0 saturated carbocycles. The van der Waals surface area contributed by atoms with Crippen LogP contribution in [0.2, 0.25) is 0 Å². The summed E-state index contributed by atoms with van der Waals surface area (Å²) in [7, 11) is 0. The molecule has 0 spiro atoms. The van der Waals surface area contributed by atoms with Crippen LogP contribution in [-0.4, -0.2) is 28.0 Å². The standard InChI is InChI=1S/C10H14N4S/c1-8(4-6-15-2)13-10-12-5-3-9(7-11)14-10/h3,5,8H,4,6H2,1-2H3,(H,12,13,14). The van der Waals surface area contributed by atoms with Crippen molar-refractivity contribution in [3.63, 3.8) is 0 Å². The summed E-state index contributed by atoms with van der Waals surface area (Å²) >= 11 is 1.82. The van der Waals surface area contributed by atoms with Gasteiger partial charge in [-0.3, -0.25) is 0 Å². The number of aromatic nitrogens is 2. The molecule has 5 heteroatoms. The summed E-state index contributed by atoms with van der Waals surface area (Å²) in [6.45, 7) is 2.08. The van der Waals surface area contributed by atoms with Gasteiger partial charge in [0.05, 0.1) is 0 Å². The maximum atomic E-state index is 8.67. The summed E-state index contributed by atoms with van der Waals surface area (Å²) in [5, 5.41) is 11.8. The lowest BCUT2D eigenvalue weighted by Crippen LogP contribution is -2.17. The number of hydrogen-bond donors (Lipinski definition) is 1. The summed E-state index contributed by atoms with van der Waals surface area (Å²) < 4.78 is 0. The van der Waals surface area contributed by atoms with Crippen molar-refractivity contribution in [2.75, 3.05) is 17.3 Å². The van der Waals surface area contributed by atoms with Crippen LogP contribution in [0.1, 0.15) is 19.0 Å². The van der Waals surface area contributed by atoms with Gasteiger partial charge >= 0.3 is 0 Å². The van der Waals surface area contributed by atoms with Crippen molar-refractivity contribution in [2.45, 2.75) is 19.4 Å². The molecule has 1 unspecified atom stereocenters. The van der Waals surface area contributed by atoms with Gasteiger partial charge < -0.3 is 5.32 Å². The molecule has 4 nitrogen and oxygen atoms in total. The van der Waals surface area contributed by atoms with E-state index in [2.05, 4.69) is 28.5 Å². The van der Waals surface area contributed by atoms with Gasteiger partial charge in [-0.05, 0) is 31.4 Å². The van der Waals surface area contributed by atoms with Gasteiger partial charge in [0, 0.05) is 12.2 Å². The molecule has 0 fully saturated rings. The summed E-state index contributed by atoms with van der Waals surface area (Å²) in [6, 6.07) is 3.91. The lowest BCUT2D eigenvalue weighted by molar-refractivity contribution is 0.759. The number of anilines is 1. The van der Waals surface area contributed by atoms with Crippen LogP contribution >= 0.6 is 11.8 Å². The van der Waals surface area contributed by atoms with Crippen LogP contribution in [0.15, 0.2) is 12.3 Å². The molecule has 0 aliphatic carbocycles. The fourth-order valence-corrected chi connectivity index (χ4v) is 1.67. The van der Waals surface area contributed by atoms with E-state index in [0.29, 0.717) is 17.7 Å². The molecule has 80 valence electrons. The van der Waals surface area contributed by atoms with E-state index in [9.17, 15) is 0 Å². The van der Waals surface area contributed by atoms with Crippen molar-refractivity contribution in [2.24, 2.45) is 0 Å². The summed E-state index contributed by atoms with van der Waals surface area (Å²) in [4.78, 5) is 8.10. The van der Waals surface area contributed by atoms with Gasteiger partial charge in [0.15, 0.2) is 0 Å². The third-order valence-corrected chi connectivity index (χ3v) is 2.54. The monoisotopic (exact) mass is 222 g/mol. The van der Waals surface area contributed by atoms with Crippen molar-refractivity contribution in [3.8, 4) is 6.07 Å². The number of nitrogens with zero attached hydrogens (tertiary/aromatic N) is 3. The molecule has 1 N–H and O–H groups in total. The predicted molar refractivity (Wildman–Crippen MR) is 62.8 cm³/mol. The molecule has 0 amide bonds. The minimum Gasteiger partial charge on any atom is -0.352 e. The van der Waals surface area contributed by atoms with E-state index in [1.807, 2.05) is 17.8 Å². The third kappa shape index (κ3) is 4.17. The first-order valence-electron chi connectivity index (χ1n) is 4.75. The molecule has 0 aliphatic rings. The Labute approximate surface area is 94.1 Å². The molecule has 0 saturated heterocycles. The highest BCUT2D eigenvalue weighted by Gasteiger charge is 2.03. The van der Waals surface area contributed by atoms with E-state index in [1.54, 1.807) is 12.3 Å². The maximum Gasteiger partial charge on any atom is 0.224 e. The van der Waals surface area contributed by atoms with E-state index in [0.717, 1.165) is 12.2 Å². The van der Waals surface area contributed by atoms with Crippen molar-refractivity contribution in [3.05, 3.63) is 18.0 Å². The quantitative estimate of drug-likeness (QED) is 0.824. The highest BCUT2D eigenvalue weighted by atomic mass is 32.2. The smallest absolute Gasteiger partial charge is 0.224 e. The Kier molecular flexibility index (Phi) is 4.91. The van der Waals surface area contributed by atoms with Crippen LogP contribution in [0.5, 0.6) is 0 Å². The zero-order valence-electron chi connectivity index (χ0n) is 8.90. The molecule has 1 atom stereocenters. The van der Waals surface area contributed by atoms with Crippen molar-refractivity contribution >= 4 is 17.7 Å². The van der Waals surface area contributed by atoms with Crippen LogP contribution in [0, 0.1) is 11.3 Å². The number of hydrogen-bond acceptors (Lipinski definition) is 5. The normalized spacial score (nSPS) is 11.8.